The molecule has 0 fully saturated rings. The summed E-state index contributed by atoms with van der Waals surface area (Å²) in [6.07, 6.45) is -2.83. The minimum Gasteiger partial charge on any atom is -0.326 e. The molecule has 2 N–H and O–H groups in total. The van der Waals surface area contributed by atoms with E-state index in [2.05, 4.69) is 26.8 Å². The van der Waals surface area contributed by atoms with Crippen molar-refractivity contribution in [1.82, 2.24) is 14.6 Å². The van der Waals surface area contributed by atoms with Crippen LogP contribution in [0.4, 0.5) is 30.5 Å². The number of rotatable bonds is 6. The highest BCUT2D eigenvalue weighted by Crippen LogP contribution is 2.30. The lowest BCUT2D eigenvalue weighted by Crippen LogP contribution is -2.15. The first-order chi connectivity index (χ1) is 18.3. The molecular formula is C28H19F3N6O. The van der Waals surface area contributed by atoms with Crippen molar-refractivity contribution in [2.45, 2.75) is 12.6 Å². The molecule has 5 rings (SSSR count). The maximum Gasteiger partial charge on any atom is 0.416 e. The number of pyridine rings is 1. The third kappa shape index (κ3) is 5.47. The number of amides is 1. The van der Waals surface area contributed by atoms with Gasteiger partial charge in [0.25, 0.3) is 0 Å². The molecule has 10 heteroatoms. The number of para-hydroxylation sites is 1. The van der Waals surface area contributed by atoms with Gasteiger partial charge in [-0.25, -0.2) is 4.52 Å². The molecule has 0 unspecified atom stereocenters. The molecule has 0 aliphatic heterocycles. The fraction of sp³-hybridized carbons (Fsp3) is 0.0714. The Hall–Kier alpha value is -5.17. The Morgan fingerprint density at radius 3 is 2.47 bits per heavy atom. The van der Waals surface area contributed by atoms with Crippen LogP contribution in [0.5, 0.6) is 0 Å². The molecular weight excluding hydrogens is 493 g/mol. The predicted octanol–water partition coefficient (Wildman–Crippen LogP) is 6.21. The lowest BCUT2D eigenvalue weighted by molar-refractivity contribution is -0.137. The summed E-state index contributed by atoms with van der Waals surface area (Å²) in [5.41, 5.74) is 3.44. The second kappa shape index (κ2) is 10.1. The van der Waals surface area contributed by atoms with Gasteiger partial charge in [-0.1, -0.05) is 42.5 Å². The summed E-state index contributed by atoms with van der Waals surface area (Å²) in [6.45, 7) is 0. The molecule has 0 aliphatic rings. The van der Waals surface area contributed by atoms with Gasteiger partial charge in [-0.05, 0) is 53.6 Å². The topological polar surface area (TPSA) is 95.1 Å². The fourth-order valence-corrected chi connectivity index (χ4v) is 3.91. The van der Waals surface area contributed by atoms with Crippen molar-refractivity contribution < 1.29 is 18.0 Å². The largest absolute Gasteiger partial charge is 0.416 e. The van der Waals surface area contributed by atoms with Gasteiger partial charge in [0.1, 0.15) is 6.07 Å². The monoisotopic (exact) mass is 512 g/mol. The van der Waals surface area contributed by atoms with Crippen molar-refractivity contribution in [3.05, 3.63) is 108 Å². The molecule has 1 amide bonds. The number of carbonyl (C=O) groups excluding carboxylic acids is 1. The van der Waals surface area contributed by atoms with Gasteiger partial charge in [-0.15, -0.1) is 5.10 Å². The summed E-state index contributed by atoms with van der Waals surface area (Å²) in [6, 6.07) is 24.7. The molecule has 0 saturated carbocycles. The molecule has 0 radical (unpaired) electrons. The SMILES string of the molecule is N#Cc1ccccc1Nc1nc2ccc(-c3ccc(NC(=O)Cc4cccc(C(F)(F)F)c4)cc3)cn2n1. The Balaban J connectivity index is 1.27. The van der Waals surface area contributed by atoms with E-state index in [9.17, 15) is 23.2 Å². The first-order valence-electron chi connectivity index (χ1n) is 11.5. The maximum absolute atomic E-state index is 12.9. The van der Waals surface area contributed by atoms with Crippen LogP contribution < -0.4 is 10.6 Å². The van der Waals surface area contributed by atoms with E-state index in [1.54, 1.807) is 34.8 Å². The summed E-state index contributed by atoms with van der Waals surface area (Å²) in [5, 5.41) is 19.5. The van der Waals surface area contributed by atoms with E-state index in [0.717, 1.165) is 23.3 Å². The Kier molecular flexibility index (Phi) is 6.49. The normalized spacial score (nSPS) is 11.2. The van der Waals surface area contributed by atoms with Crippen molar-refractivity contribution in [3.8, 4) is 17.2 Å². The average Bonchev–Trinajstić information content (AvgIpc) is 3.30. The third-order valence-electron chi connectivity index (χ3n) is 5.75. The highest BCUT2D eigenvalue weighted by atomic mass is 19.4. The first-order valence-corrected chi connectivity index (χ1v) is 11.5. The zero-order chi connectivity index (χ0) is 26.7. The van der Waals surface area contributed by atoms with Crippen LogP contribution in [0.2, 0.25) is 0 Å². The van der Waals surface area contributed by atoms with E-state index in [0.29, 0.717) is 28.5 Å². The van der Waals surface area contributed by atoms with E-state index in [1.165, 1.54) is 12.1 Å². The highest BCUT2D eigenvalue weighted by Gasteiger charge is 2.30. The van der Waals surface area contributed by atoms with Crippen LogP contribution in [0.25, 0.3) is 16.8 Å². The highest BCUT2D eigenvalue weighted by molar-refractivity contribution is 5.92. The lowest BCUT2D eigenvalue weighted by Gasteiger charge is -2.10. The van der Waals surface area contributed by atoms with E-state index in [1.807, 2.05) is 36.5 Å². The molecule has 5 aromatic rings. The smallest absolute Gasteiger partial charge is 0.326 e. The van der Waals surface area contributed by atoms with Gasteiger partial charge in [-0.2, -0.15) is 23.4 Å². The maximum atomic E-state index is 12.9. The van der Waals surface area contributed by atoms with Gasteiger partial charge < -0.3 is 10.6 Å². The van der Waals surface area contributed by atoms with E-state index >= 15 is 0 Å². The second-order valence-electron chi connectivity index (χ2n) is 8.44. The van der Waals surface area contributed by atoms with Gasteiger partial charge in [-0.3, -0.25) is 4.79 Å². The van der Waals surface area contributed by atoms with E-state index < -0.39 is 17.6 Å². The number of fused-ring (bicyclic) bond motifs is 1. The van der Waals surface area contributed by atoms with Crippen molar-refractivity contribution in [2.75, 3.05) is 10.6 Å². The standard InChI is InChI=1S/C28H19F3N6O/c29-28(30,31)22-6-3-4-18(14-22)15-26(38)33-23-11-8-19(9-12-23)21-10-13-25-35-27(36-37(25)17-21)34-24-7-2-1-5-20(24)16-32/h1-14,17H,15H2,(H,33,38)(H,34,36). The number of anilines is 3. The Morgan fingerprint density at radius 1 is 0.947 bits per heavy atom. The fourth-order valence-electron chi connectivity index (χ4n) is 3.91. The summed E-state index contributed by atoms with van der Waals surface area (Å²) < 4.78 is 40.4. The molecule has 0 bridgehead atoms. The Morgan fingerprint density at radius 2 is 1.71 bits per heavy atom. The zero-order valence-corrected chi connectivity index (χ0v) is 19.7. The minimum absolute atomic E-state index is 0.177. The number of hydrogen-bond donors (Lipinski definition) is 2. The Labute approximate surface area is 215 Å². The predicted molar refractivity (Wildman–Crippen MR) is 137 cm³/mol. The van der Waals surface area contributed by atoms with Gasteiger partial charge in [0, 0.05) is 17.4 Å². The number of nitrogens with zero attached hydrogens (tertiary/aromatic N) is 4. The zero-order valence-electron chi connectivity index (χ0n) is 19.7. The van der Waals surface area contributed by atoms with Crippen LogP contribution in [0.15, 0.2) is 91.1 Å². The molecule has 7 nitrogen and oxygen atoms in total. The minimum atomic E-state index is -4.46. The number of carbonyl (C=O) groups is 1. The molecule has 0 saturated heterocycles. The summed E-state index contributed by atoms with van der Waals surface area (Å²) >= 11 is 0. The molecule has 0 aliphatic carbocycles. The number of halogens is 3. The summed E-state index contributed by atoms with van der Waals surface area (Å²) in [5.74, 6) is -0.0669. The summed E-state index contributed by atoms with van der Waals surface area (Å²) in [7, 11) is 0. The number of nitrogens with one attached hydrogen (secondary N) is 2. The first kappa shape index (κ1) is 24.5. The molecule has 0 atom stereocenters. The van der Waals surface area contributed by atoms with E-state index in [-0.39, 0.29) is 12.0 Å². The molecule has 2 heterocycles. The van der Waals surface area contributed by atoms with Crippen LogP contribution in [0, 0.1) is 11.3 Å². The lowest BCUT2D eigenvalue weighted by atomic mass is 10.1. The average molecular weight is 512 g/mol. The molecule has 3 aromatic carbocycles. The molecule has 0 spiro atoms. The number of benzene rings is 3. The summed E-state index contributed by atoms with van der Waals surface area (Å²) in [4.78, 5) is 16.8. The third-order valence-corrected chi connectivity index (χ3v) is 5.75. The molecule has 188 valence electrons. The van der Waals surface area contributed by atoms with Crippen LogP contribution in [0.3, 0.4) is 0 Å². The van der Waals surface area contributed by atoms with Crippen LogP contribution in [0.1, 0.15) is 16.7 Å². The van der Waals surface area contributed by atoms with Crippen LogP contribution >= 0.6 is 0 Å². The Bertz CT molecular complexity index is 1670. The van der Waals surface area contributed by atoms with Gasteiger partial charge in [0.2, 0.25) is 11.9 Å². The van der Waals surface area contributed by atoms with Gasteiger partial charge >= 0.3 is 6.18 Å². The molecule has 38 heavy (non-hydrogen) atoms. The van der Waals surface area contributed by atoms with Crippen molar-refractivity contribution in [2.24, 2.45) is 0 Å². The number of alkyl halides is 3. The number of aromatic nitrogens is 3. The number of nitriles is 1. The van der Waals surface area contributed by atoms with Crippen molar-refractivity contribution in [1.29, 1.82) is 5.26 Å². The number of hydrogen-bond acceptors (Lipinski definition) is 5. The quantitative estimate of drug-likeness (QED) is 0.282. The van der Waals surface area contributed by atoms with Crippen molar-refractivity contribution in [3.63, 3.8) is 0 Å². The van der Waals surface area contributed by atoms with Crippen LogP contribution in [-0.2, 0) is 17.4 Å². The van der Waals surface area contributed by atoms with Crippen LogP contribution in [-0.4, -0.2) is 20.5 Å². The second-order valence-corrected chi connectivity index (χ2v) is 8.44. The van der Waals surface area contributed by atoms with Gasteiger partial charge in [0.05, 0.1) is 23.2 Å². The van der Waals surface area contributed by atoms with Gasteiger partial charge in [0.15, 0.2) is 5.65 Å². The van der Waals surface area contributed by atoms with Crippen molar-refractivity contribution >= 4 is 28.9 Å². The van der Waals surface area contributed by atoms with E-state index in [4.69, 9.17) is 0 Å². The molecule has 2 aromatic heterocycles.